The van der Waals surface area contributed by atoms with Gasteiger partial charge in [0.25, 0.3) is 0 Å². The van der Waals surface area contributed by atoms with E-state index >= 15 is 0 Å². The zero-order valence-electron chi connectivity index (χ0n) is 24.5. The van der Waals surface area contributed by atoms with Crippen LogP contribution in [0.15, 0.2) is 12.2 Å². The number of aliphatic hydroxyl groups excluding tert-OH is 1. The Morgan fingerprint density at radius 2 is 1.43 bits per heavy atom. The zero-order valence-corrected chi connectivity index (χ0v) is 27.6. The van der Waals surface area contributed by atoms with E-state index in [0.29, 0.717) is 25.4 Å². The van der Waals surface area contributed by atoms with Crippen molar-refractivity contribution in [1.82, 2.24) is 0 Å². The van der Waals surface area contributed by atoms with Crippen LogP contribution < -0.4 is 0 Å². The molecular weight excluding hydrogens is 561 g/mol. The molecule has 0 rings (SSSR count). The molecule has 0 heterocycles. The fourth-order valence-electron chi connectivity index (χ4n) is 3.49. The second-order valence-electron chi connectivity index (χ2n) is 9.23. The Hall–Kier alpha value is -0.669. The van der Waals surface area contributed by atoms with Crippen LogP contribution in [0.3, 0.4) is 0 Å². The number of carbonyl (C=O) groups is 2. The van der Waals surface area contributed by atoms with Gasteiger partial charge >= 0.3 is 14.5 Å². The highest BCUT2D eigenvalue weighted by Gasteiger charge is 2.39. The van der Waals surface area contributed by atoms with Gasteiger partial charge in [-0.1, -0.05) is 63.0 Å². The van der Waals surface area contributed by atoms with Crippen LogP contribution in [0.4, 0.5) is 0 Å². The lowest BCUT2D eigenvalue weighted by molar-refractivity contribution is -0.138. The van der Waals surface area contributed by atoms with Crippen LogP contribution in [0, 0.1) is 0 Å². The maximum absolute atomic E-state index is 11.6. The van der Waals surface area contributed by atoms with Crippen molar-refractivity contribution in [3.8, 4) is 0 Å². The number of hydrogen-bond acceptors (Lipinski definition) is 8. The number of rotatable bonds is 21. The van der Waals surface area contributed by atoms with Gasteiger partial charge in [0.05, 0.1) is 19.8 Å². The average Bonchev–Trinajstić information content (AvgIpc) is 2.83. The second kappa shape index (κ2) is 36.4. The van der Waals surface area contributed by atoms with Gasteiger partial charge in [0.2, 0.25) is 0 Å². The van der Waals surface area contributed by atoms with E-state index in [-0.39, 0.29) is 42.3 Å². The number of carbonyl (C=O) groups excluding carboxylic acids is 2. The predicted octanol–water partition coefficient (Wildman–Crippen LogP) is 7.76. The van der Waals surface area contributed by atoms with Crippen molar-refractivity contribution in [2.24, 2.45) is 0 Å². The Morgan fingerprint density at radius 3 is 1.93 bits per heavy atom. The summed E-state index contributed by atoms with van der Waals surface area (Å²) in [5.74, 6) is -0.331. The molecule has 248 valence electrons. The summed E-state index contributed by atoms with van der Waals surface area (Å²) in [6, 6.07) is 2.94. The van der Waals surface area contributed by atoms with Gasteiger partial charge in [-0.25, -0.2) is 4.79 Å². The third-order valence-corrected chi connectivity index (χ3v) is 16.6. The van der Waals surface area contributed by atoms with Crippen molar-refractivity contribution in [2.75, 3.05) is 40.1 Å². The highest BCUT2D eigenvalue weighted by Crippen LogP contribution is 2.27. The van der Waals surface area contributed by atoms with E-state index in [0.717, 1.165) is 56.8 Å². The molecule has 0 aliphatic rings. The molecule has 0 spiro atoms. The Balaban J connectivity index is -0.000000259. The number of methoxy groups -OCH3 is 1. The number of unbranched alkanes of at least 4 members (excludes halogenated alkanes) is 2. The molecule has 1 N–H and O–H groups in total. The van der Waals surface area contributed by atoms with Crippen LogP contribution in [-0.2, 0) is 32.0 Å². The van der Waals surface area contributed by atoms with Crippen molar-refractivity contribution in [2.45, 2.75) is 127 Å². The summed E-state index contributed by atoms with van der Waals surface area (Å²) in [6.45, 7) is 22.8. The summed E-state index contributed by atoms with van der Waals surface area (Å²) < 4.78 is 29.3. The summed E-state index contributed by atoms with van der Waals surface area (Å²) >= 11 is 0. The molecule has 0 aromatic heterocycles. The van der Waals surface area contributed by atoms with Crippen LogP contribution in [0.5, 0.6) is 0 Å². The summed E-state index contributed by atoms with van der Waals surface area (Å²) in [4.78, 5) is 19.6. The van der Waals surface area contributed by atoms with E-state index in [9.17, 15) is 4.79 Å². The van der Waals surface area contributed by atoms with Crippen molar-refractivity contribution >= 4 is 38.7 Å². The molecule has 0 bridgehead atoms. The average molecular weight is 633 g/mol. The summed E-state index contributed by atoms with van der Waals surface area (Å²) in [7, 11) is -3.98. The van der Waals surface area contributed by atoms with E-state index < -0.39 is 25.9 Å². The normalized spacial score (nSPS) is 12.0. The number of hydrogen-bond donors (Lipinski definition) is 1. The minimum atomic E-state index is -2.32. The SMILES string of the molecule is C.C.C.C.C=C(C)C(=O)OCCC[Si](C)(C)O[Si](C)(CCCCCO)O[SiH](C)CCCOCCOC.C=O.CC. The minimum absolute atomic E-state index is 0. The topological polar surface area (TPSA) is 101 Å². The monoisotopic (exact) mass is 632 g/mol. The molecule has 0 fully saturated rings. The van der Waals surface area contributed by atoms with Gasteiger partial charge in [0, 0.05) is 25.9 Å². The molecule has 2 unspecified atom stereocenters. The molecule has 0 aliphatic heterocycles. The predicted molar refractivity (Wildman–Crippen MR) is 183 cm³/mol. The molecule has 0 aromatic rings. The molecule has 2 atom stereocenters. The Morgan fingerprint density at radius 1 is 0.850 bits per heavy atom. The molecule has 40 heavy (non-hydrogen) atoms. The first-order chi connectivity index (χ1) is 17.0. The van der Waals surface area contributed by atoms with Crippen LogP contribution in [0.2, 0.25) is 44.3 Å². The molecule has 11 heteroatoms. The molecule has 0 radical (unpaired) electrons. The number of aliphatic hydroxyl groups is 1. The lowest BCUT2D eigenvalue weighted by Crippen LogP contribution is -2.51. The Labute approximate surface area is 254 Å². The van der Waals surface area contributed by atoms with Crippen molar-refractivity contribution in [1.29, 1.82) is 0 Å². The van der Waals surface area contributed by atoms with Crippen LogP contribution in [0.1, 0.15) is 82.6 Å². The van der Waals surface area contributed by atoms with Gasteiger partial charge < -0.3 is 32.3 Å². The quantitative estimate of drug-likeness (QED) is 0.0593. The maximum Gasteiger partial charge on any atom is 0.333 e. The third-order valence-electron chi connectivity index (χ3n) is 5.07. The van der Waals surface area contributed by atoms with Gasteiger partial charge in [0.15, 0.2) is 17.4 Å². The standard InChI is InChI=1S/C22H48O7Si3.C2H6.CH2O.4CH4/c1-21(2)22(24)27-15-12-19-31(5,6)29-32(7,20-10-8-9-13-23)28-30(4)18-11-14-26-17-16-25-3;2*1-2;;;;/h23,30H,1,8-20H2,2-7H3;1-2H3;1H2;4*1H4. The van der Waals surface area contributed by atoms with Crippen LogP contribution in [-0.4, -0.2) is 83.9 Å². The molecule has 0 aliphatic carbocycles. The number of esters is 1. The number of ether oxygens (including phenoxy) is 3. The first-order valence-corrected chi connectivity index (χ1v) is 21.3. The minimum Gasteiger partial charge on any atom is -0.462 e. The molecule has 8 nitrogen and oxygen atoms in total. The first-order valence-electron chi connectivity index (χ1n) is 13.2. The van der Waals surface area contributed by atoms with Crippen LogP contribution >= 0.6 is 0 Å². The van der Waals surface area contributed by atoms with Crippen molar-refractivity contribution in [3.05, 3.63) is 12.2 Å². The Kier molecular flexibility index (Phi) is 50.2. The maximum atomic E-state index is 11.6. The fraction of sp³-hybridized carbons (Fsp3) is 0.862. The highest BCUT2D eigenvalue weighted by molar-refractivity contribution is 6.85. The van der Waals surface area contributed by atoms with Gasteiger partial charge in [-0.3, -0.25) is 0 Å². The lowest BCUT2D eigenvalue weighted by atomic mass is 10.3. The summed E-state index contributed by atoms with van der Waals surface area (Å²) in [5, 5.41) is 9.10. The third kappa shape index (κ3) is 35.4. The second-order valence-corrected chi connectivity index (χ2v) is 20.0. The largest absolute Gasteiger partial charge is 0.462 e. The first kappa shape index (κ1) is 55.3. The van der Waals surface area contributed by atoms with E-state index in [1.807, 2.05) is 20.6 Å². The molecule has 0 amide bonds. The Bertz CT molecular complexity index is 539. The van der Waals surface area contributed by atoms with E-state index in [4.69, 9.17) is 32.3 Å². The summed E-state index contributed by atoms with van der Waals surface area (Å²) in [5.41, 5.74) is 0.428. The molecular formula is C29H72O8Si3. The highest BCUT2D eigenvalue weighted by atomic mass is 28.5. The smallest absolute Gasteiger partial charge is 0.333 e. The fourth-order valence-corrected chi connectivity index (χ4v) is 16.6. The van der Waals surface area contributed by atoms with Crippen molar-refractivity contribution in [3.63, 3.8) is 0 Å². The van der Waals surface area contributed by atoms with E-state index in [2.05, 4.69) is 32.8 Å². The van der Waals surface area contributed by atoms with Gasteiger partial charge in [-0.15, -0.1) is 0 Å². The van der Waals surface area contributed by atoms with Gasteiger partial charge in [-0.05, 0) is 70.5 Å². The van der Waals surface area contributed by atoms with Crippen molar-refractivity contribution < 1.29 is 37.1 Å². The van der Waals surface area contributed by atoms with Gasteiger partial charge in [-0.2, -0.15) is 0 Å². The molecule has 0 saturated heterocycles. The molecule has 0 saturated carbocycles. The van der Waals surface area contributed by atoms with E-state index in [1.54, 1.807) is 14.0 Å². The zero-order chi connectivity index (χ0) is 28.5. The lowest BCUT2D eigenvalue weighted by Gasteiger charge is -2.38. The van der Waals surface area contributed by atoms with E-state index in [1.165, 1.54) is 0 Å². The van der Waals surface area contributed by atoms with Gasteiger partial charge in [0.1, 0.15) is 6.79 Å². The summed E-state index contributed by atoms with van der Waals surface area (Å²) in [6.07, 6.45) is 4.63. The molecule has 0 aromatic carbocycles. The van der Waals surface area contributed by atoms with Crippen LogP contribution in [0.25, 0.3) is 0 Å².